The number of benzene rings is 1. The molecule has 0 saturated heterocycles. The number of hydrogen-bond acceptors (Lipinski definition) is 2. The molecule has 4 heteroatoms. The van der Waals surface area contributed by atoms with E-state index in [9.17, 15) is 10.1 Å². The Labute approximate surface area is 155 Å². The van der Waals surface area contributed by atoms with Gasteiger partial charge in [-0.05, 0) is 56.5 Å². The monoisotopic (exact) mass is 347 g/mol. The smallest absolute Gasteiger partial charge is 0.266 e. The number of aromatic nitrogens is 1. The van der Waals surface area contributed by atoms with Gasteiger partial charge in [0.05, 0.1) is 0 Å². The summed E-state index contributed by atoms with van der Waals surface area (Å²) in [7, 11) is 0. The molecular formula is C22H25N3O. The van der Waals surface area contributed by atoms with Crippen molar-refractivity contribution in [2.24, 2.45) is 0 Å². The van der Waals surface area contributed by atoms with E-state index in [4.69, 9.17) is 0 Å². The zero-order valence-corrected chi connectivity index (χ0v) is 15.5. The van der Waals surface area contributed by atoms with E-state index in [1.165, 1.54) is 37.8 Å². The molecular weight excluding hydrogens is 322 g/mol. The summed E-state index contributed by atoms with van der Waals surface area (Å²) in [6.07, 6.45) is 7.99. The van der Waals surface area contributed by atoms with E-state index in [1.54, 1.807) is 6.08 Å². The normalized spacial score (nSPS) is 15.5. The van der Waals surface area contributed by atoms with Gasteiger partial charge in [-0.2, -0.15) is 5.26 Å². The molecule has 0 bridgehead atoms. The lowest BCUT2D eigenvalue weighted by Crippen LogP contribution is -2.15. The van der Waals surface area contributed by atoms with Crippen LogP contribution in [0.15, 0.2) is 42.0 Å². The van der Waals surface area contributed by atoms with Crippen LogP contribution in [0.2, 0.25) is 0 Å². The Morgan fingerprint density at radius 3 is 2.54 bits per heavy atom. The van der Waals surface area contributed by atoms with Crippen LogP contribution in [-0.2, 0) is 4.79 Å². The number of nitrogens with one attached hydrogen (secondary N) is 1. The van der Waals surface area contributed by atoms with Crippen molar-refractivity contribution in [2.45, 2.75) is 52.0 Å². The summed E-state index contributed by atoms with van der Waals surface area (Å²) < 4.78 is 2.38. The fraction of sp³-hybridized carbons (Fsp3) is 0.364. The third-order valence-corrected chi connectivity index (χ3v) is 5.16. The number of anilines is 1. The molecule has 26 heavy (non-hydrogen) atoms. The van der Waals surface area contributed by atoms with Crippen LogP contribution in [0.5, 0.6) is 0 Å². The van der Waals surface area contributed by atoms with Gasteiger partial charge < -0.3 is 9.88 Å². The van der Waals surface area contributed by atoms with Crippen LogP contribution in [0.3, 0.4) is 0 Å². The van der Waals surface area contributed by atoms with Gasteiger partial charge in [0.15, 0.2) is 0 Å². The quantitative estimate of drug-likeness (QED) is 0.614. The van der Waals surface area contributed by atoms with Crippen molar-refractivity contribution >= 4 is 17.7 Å². The maximum Gasteiger partial charge on any atom is 0.266 e. The van der Waals surface area contributed by atoms with Crippen molar-refractivity contribution < 1.29 is 4.79 Å². The number of para-hydroxylation sites is 1. The molecule has 1 heterocycles. The first-order valence-electron chi connectivity index (χ1n) is 9.27. The summed E-state index contributed by atoms with van der Waals surface area (Å²) in [5.41, 5.74) is 4.09. The number of hydrogen-bond donors (Lipinski definition) is 1. The third kappa shape index (κ3) is 3.88. The van der Waals surface area contributed by atoms with Gasteiger partial charge in [0.2, 0.25) is 0 Å². The van der Waals surface area contributed by atoms with Gasteiger partial charge in [0.1, 0.15) is 11.6 Å². The summed E-state index contributed by atoms with van der Waals surface area (Å²) in [6.45, 7) is 4.19. The Bertz CT molecular complexity index is 850. The topological polar surface area (TPSA) is 57.8 Å². The first-order chi connectivity index (χ1) is 12.6. The number of nitriles is 1. The molecule has 1 fully saturated rings. The first-order valence-corrected chi connectivity index (χ1v) is 9.27. The molecule has 134 valence electrons. The second kappa shape index (κ2) is 8.05. The van der Waals surface area contributed by atoms with Crippen LogP contribution >= 0.6 is 0 Å². The van der Waals surface area contributed by atoms with E-state index in [0.717, 1.165) is 11.3 Å². The van der Waals surface area contributed by atoms with Crippen LogP contribution in [-0.4, -0.2) is 10.5 Å². The predicted octanol–water partition coefficient (Wildman–Crippen LogP) is 5.16. The predicted molar refractivity (Wildman–Crippen MR) is 105 cm³/mol. The van der Waals surface area contributed by atoms with Gasteiger partial charge in [0.25, 0.3) is 5.91 Å². The third-order valence-electron chi connectivity index (χ3n) is 5.16. The summed E-state index contributed by atoms with van der Waals surface area (Å²) >= 11 is 0. The maximum atomic E-state index is 12.4. The molecule has 0 unspecified atom stereocenters. The number of rotatable bonds is 4. The van der Waals surface area contributed by atoms with Crippen LogP contribution < -0.4 is 5.32 Å². The molecule has 1 N–H and O–H groups in total. The molecule has 1 aromatic carbocycles. The molecule has 1 amide bonds. The fourth-order valence-corrected chi connectivity index (χ4v) is 3.87. The molecule has 0 radical (unpaired) electrons. The highest BCUT2D eigenvalue weighted by molar-refractivity contribution is 6.09. The Kier molecular flexibility index (Phi) is 5.58. The van der Waals surface area contributed by atoms with Gasteiger partial charge in [-0.3, -0.25) is 4.79 Å². The van der Waals surface area contributed by atoms with E-state index in [2.05, 4.69) is 29.8 Å². The highest BCUT2D eigenvalue weighted by atomic mass is 16.1. The van der Waals surface area contributed by atoms with Crippen molar-refractivity contribution in [2.75, 3.05) is 5.32 Å². The van der Waals surface area contributed by atoms with Crippen LogP contribution in [0, 0.1) is 25.2 Å². The summed E-state index contributed by atoms with van der Waals surface area (Å²) in [5, 5.41) is 12.2. The highest BCUT2D eigenvalue weighted by Crippen LogP contribution is 2.32. The van der Waals surface area contributed by atoms with Gasteiger partial charge in [-0.1, -0.05) is 37.5 Å². The summed E-state index contributed by atoms with van der Waals surface area (Å²) in [5.74, 6) is -0.374. The summed E-state index contributed by atoms with van der Waals surface area (Å²) in [6, 6.07) is 13.9. The van der Waals surface area contributed by atoms with E-state index in [-0.39, 0.29) is 11.5 Å². The number of aryl methyl sites for hydroxylation is 1. The molecule has 0 spiro atoms. The molecule has 2 aromatic rings. The van der Waals surface area contributed by atoms with Gasteiger partial charge >= 0.3 is 0 Å². The zero-order chi connectivity index (χ0) is 18.5. The first kappa shape index (κ1) is 18.0. The average Bonchev–Trinajstić information content (AvgIpc) is 2.94. The Morgan fingerprint density at radius 2 is 1.88 bits per heavy atom. The van der Waals surface area contributed by atoms with Crippen molar-refractivity contribution in [3.63, 3.8) is 0 Å². The lowest BCUT2D eigenvalue weighted by Gasteiger charge is -2.26. The van der Waals surface area contributed by atoms with Crippen LogP contribution in [0.1, 0.15) is 55.1 Å². The van der Waals surface area contributed by atoms with E-state index >= 15 is 0 Å². The lowest BCUT2D eigenvalue weighted by atomic mass is 9.95. The minimum Gasteiger partial charge on any atom is -0.346 e. The second-order valence-electron chi connectivity index (χ2n) is 6.98. The highest BCUT2D eigenvalue weighted by Gasteiger charge is 2.20. The minimum absolute atomic E-state index is 0.123. The molecule has 0 aliphatic heterocycles. The summed E-state index contributed by atoms with van der Waals surface area (Å²) in [4.78, 5) is 12.4. The van der Waals surface area contributed by atoms with E-state index in [0.29, 0.717) is 11.7 Å². The molecule has 4 nitrogen and oxygen atoms in total. The minimum atomic E-state index is -0.374. The van der Waals surface area contributed by atoms with Crippen molar-refractivity contribution in [1.29, 1.82) is 5.26 Å². The Morgan fingerprint density at radius 1 is 1.19 bits per heavy atom. The SMILES string of the molecule is Cc1cc(/C=C(\C#N)C(=O)Nc2ccccc2)c(C)n1C1CCCCC1. The lowest BCUT2D eigenvalue weighted by molar-refractivity contribution is -0.112. The zero-order valence-electron chi connectivity index (χ0n) is 15.5. The van der Waals surface area contributed by atoms with Gasteiger partial charge in [0, 0.05) is 23.1 Å². The number of carbonyl (C=O) groups is 1. The average molecular weight is 347 g/mol. The fourth-order valence-electron chi connectivity index (χ4n) is 3.87. The van der Waals surface area contributed by atoms with Crippen LogP contribution in [0.4, 0.5) is 5.69 Å². The molecule has 0 atom stereocenters. The molecule has 1 saturated carbocycles. The largest absolute Gasteiger partial charge is 0.346 e. The Hall–Kier alpha value is -2.80. The number of nitrogens with zero attached hydrogens (tertiary/aromatic N) is 2. The number of carbonyl (C=O) groups excluding carboxylic acids is 1. The number of amides is 1. The standard InChI is InChI=1S/C22H25N3O/c1-16-13-18(17(2)25(16)21-11-7-4-8-12-21)14-19(15-23)22(26)24-20-9-5-3-6-10-20/h3,5-6,9-10,13-14,21H,4,7-8,11-12H2,1-2H3,(H,24,26)/b19-14+. The van der Waals surface area contributed by atoms with Gasteiger partial charge in [-0.15, -0.1) is 0 Å². The molecule has 1 aliphatic carbocycles. The Balaban J connectivity index is 1.85. The van der Waals surface area contributed by atoms with E-state index < -0.39 is 0 Å². The molecule has 1 aliphatic rings. The maximum absolute atomic E-state index is 12.4. The second-order valence-corrected chi connectivity index (χ2v) is 6.98. The van der Waals surface area contributed by atoms with Gasteiger partial charge in [-0.25, -0.2) is 0 Å². The molecule has 3 rings (SSSR count). The molecule has 1 aromatic heterocycles. The van der Waals surface area contributed by atoms with Crippen molar-refractivity contribution in [3.05, 3.63) is 58.9 Å². The van der Waals surface area contributed by atoms with Crippen LogP contribution in [0.25, 0.3) is 6.08 Å². The van der Waals surface area contributed by atoms with Crippen molar-refractivity contribution in [1.82, 2.24) is 4.57 Å². The van der Waals surface area contributed by atoms with Crippen molar-refractivity contribution in [3.8, 4) is 6.07 Å². The van der Waals surface area contributed by atoms with E-state index in [1.807, 2.05) is 36.4 Å².